The number of nitrogens with zero attached hydrogens (tertiary/aromatic N) is 2. The number of β-amino-alcohol motifs (C(OH)–C–C–N with tert-alkyl or cyclic N) is 1. The Bertz CT molecular complexity index is 643. The van der Waals surface area contributed by atoms with E-state index < -0.39 is 11.6 Å². The molecular formula is C18H23FN2O4. The zero-order chi connectivity index (χ0) is 18.0. The molecule has 1 heterocycles. The first-order valence-electron chi connectivity index (χ1n) is 8.60. The molecule has 3 rings (SSSR count). The number of hydrogen-bond acceptors (Lipinski definition) is 4. The Morgan fingerprint density at radius 2 is 1.84 bits per heavy atom. The summed E-state index contributed by atoms with van der Waals surface area (Å²) in [6, 6.07) is 5.07. The minimum absolute atomic E-state index is 0.0839. The Balaban J connectivity index is 1.60. The molecule has 1 aliphatic carbocycles. The van der Waals surface area contributed by atoms with E-state index in [1.807, 2.05) is 0 Å². The average molecular weight is 350 g/mol. The van der Waals surface area contributed by atoms with Gasteiger partial charge in [0.1, 0.15) is 29.8 Å². The van der Waals surface area contributed by atoms with E-state index in [0.29, 0.717) is 18.6 Å². The first-order chi connectivity index (χ1) is 11.9. The van der Waals surface area contributed by atoms with Crippen LogP contribution in [0.1, 0.15) is 32.1 Å². The van der Waals surface area contributed by atoms with Crippen molar-refractivity contribution in [1.82, 2.24) is 9.80 Å². The van der Waals surface area contributed by atoms with Crippen molar-refractivity contribution in [2.75, 3.05) is 20.2 Å². The molecule has 1 aliphatic heterocycles. The Hall–Kier alpha value is -2.15. The number of ether oxygens (including phenoxy) is 1. The molecule has 2 aliphatic rings. The molecule has 0 bridgehead atoms. The largest absolute Gasteiger partial charge is 0.491 e. The average Bonchev–Trinajstić information content (AvgIpc) is 2.78. The van der Waals surface area contributed by atoms with Crippen LogP contribution >= 0.6 is 0 Å². The Morgan fingerprint density at radius 3 is 2.48 bits per heavy atom. The maximum Gasteiger partial charge on any atom is 0.327 e. The van der Waals surface area contributed by atoms with Gasteiger partial charge >= 0.3 is 6.03 Å². The van der Waals surface area contributed by atoms with E-state index in [1.54, 1.807) is 7.05 Å². The predicted octanol–water partition coefficient (Wildman–Crippen LogP) is 2.16. The minimum Gasteiger partial charge on any atom is -0.491 e. The lowest BCUT2D eigenvalue weighted by molar-refractivity contribution is -0.135. The lowest BCUT2D eigenvalue weighted by Crippen LogP contribution is -2.49. The van der Waals surface area contributed by atoms with Gasteiger partial charge in [-0.3, -0.25) is 9.69 Å². The highest BCUT2D eigenvalue weighted by Crippen LogP contribution is 2.39. The number of likely N-dealkylation sites (N-methyl/N-ethyl adjacent to an activating group) is 1. The number of carbonyl (C=O) groups is 2. The molecule has 3 amide bonds. The molecule has 25 heavy (non-hydrogen) atoms. The Morgan fingerprint density at radius 1 is 1.20 bits per heavy atom. The molecule has 1 aromatic carbocycles. The molecule has 6 nitrogen and oxygen atoms in total. The minimum atomic E-state index is -1.01. The number of halogens is 1. The summed E-state index contributed by atoms with van der Waals surface area (Å²) in [5.41, 5.74) is -0.743. The molecular weight excluding hydrogens is 327 g/mol. The third-order valence-electron chi connectivity index (χ3n) is 5.13. The maximum absolute atomic E-state index is 12.9. The summed E-state index contributed by atoms with van der Waals surface area (Å²) in [4.78, 5) is 28.0. The van der Waals surface area contributed by atoms with Crippen molar-refractivity contribution < 1.29 is 23.8 Å². The highest BCUT2D eigenvalue weighted by molar-refractivity contribution is 6.07. The van der Waals surface area contributed by atoms with Gasteiger partial charge in [0.05, 0.1) is 6.54 Å². The quantitative estimate of drug-likeness (QED) is 0.826. The lowest BCUT2D eigenvalue weighted by Gasteiger charge is -2.35. The summed E-state index contributed by atoms with van der Waals surface area (Å²) in [6.45, 7) is -0.190. The molecule has 1 saturated heterocycles. The molecule has 0 radical (unpaired) electrons. The molecule has 136 valence electrons. The molecule has 1 saturated carbocycles. The van der Waals surface area contributed by atoms with Gasteiger partial charge in [-0.1, -0.05) is 19.3 Å². The van der Waals surface area contributed by atoms with Crippen LogP contribution in [0.3, 0.4) is 0 Å². The second-order valence-electron chi connectivity index (χ2n) is 6.77. The fourth-order valence-electron chi connectivity index (χ4n) is 3.68. The first-order valence-corrected chi connectivity index (χ1v) is 8.60. The van der Waals surface area contributed by atoms with Crippen LogP contribution in [-0.4, -0.2) is 58.7 Å². The van der Waals surface area contributed by atoms with Crippen LogP contribution in [0.5, 0.6) is 5.75 Å². The maximum atomic E-state index is 12.9. The standard InChI is InChI=1S/C18H23FN2O4/c1-20-17(24)21(16(23)18(20)9-3-2-4-10-18)11-14(22)12-25-15-7-5-13(19)6-8-15/h5-8,14,22H,2-4,9-12H2,1H3/t14-/m1/s1. The van der Waals surface area contributed by atoms with Crippen molar-refractivity contribution in [3.8, 4) is 5.75 Å². The van der Waals surface area contributed by atoms with E-state index in [-0.39, 0.29) is 30.9 Å². The number of rotatable bonds is 5. The fourth-order valence-corrected chi connectivity index (χ4v) is 3.68. The summed E-state index contributed by atoms with van der Waals surface area (Å²) in [5, 5.41) is 10.2. The van der Waals surface area contributed by atoms with Gasteiger partial charge in [-0.15, -0.1) is 0 Å². The zero-order valence-corrected chi connectivity index (χ0v) is 14.3. The van der Waals surface area contributed by atoms with Gasteiger partial charge < -0.3 is 14.7 Å². The smallest absolute Gasteiger partial charge is 0.327 e. The van der Waals surface area contributed by atoms with Crippen LogP contribution in [0.4, 0.5) is 9.18 Å². The SMILES string of the molecule is CN1C(=O)N(C[C@@H](O)COc2ccc(F)cc2)C(=O)C12CCCCC2. The van der Waals surface area contributed by atoms with Crippen molar-refractivity contribution in [1.29, 1.82) is 0 Å². The van der Waals surface area contributed by atoms with E-state index >= 15 is 0 Å². The van der Waals surface area contributed by atoms with Crippen LogP contribution in [0.2, 0.25) is 0 Å². The summed E-state index contributed by atoms with van der Waals surface area (Å²) in [7, 11) is 1.66. The number of hydrogen-bond donors (Lipinski definition) is 1. The first kappa shape index (κ1) is 17.7. The number of imide groups is 1. The van der Waals surface area contributed by atoms with Crippen molar-refractivity contribution in [3.05, 3.63) is 30.1 Å². The van der Waals surface area contributed by atoms with Gasteiger partial charge in [0, 0.05) is 7.05 Å². The van der Waals surface area contributed by atoms with Gasteiger partial charge in [-0.05, 0) is 37.1 Å². The molecule has 0 aromatic heterocycles. The highest BCUT2D eigenvalue weighted by Gasteiger charge is 2.55. The topological polar surface area (TPSA) is 70.1 Å². The van der Waals surface area contributed by atoms with Gasteiger partial charge in [0.25, 0.3) is 5.91 Å². The van der Waals surface area contributed by atoms with E-state index in [2.05, 4.69) is 0 Å². The Kier molecular flexibility index (Phi) is 4.94. The zero-order valence-electron chi connectivity index (χ0n) is 14.3. The summed E-state index contributed by atoms with van der Waals surface area (Å²) in [5.74, 6) is -0.178. The van der Waals surface area contributed by atoms with Crippen LogP contribution in [-0.2, 0) is 4.79 Å². The van der Waals surface area contributed by atoms with E-state index in [0.717, 1.165) is 24.2 Å². The van der Waals surface area contributed by atoms with Crippen molar-refractivity contribution in [2.24, 2.45) is 0 Å². The third kappa shape index (κ3) is 3.33. The third-order valence-corrected chi connectivity index (χ3v) is 5.13. The lowest BCUT2D eigenvalue weighted by atomic mass is 9.81. The van der Waals surface area contributed by atoms with Crippen LogP contribution in [0.15, 0.2) is 24.3 Å². The van der Waals surface area contributed by atoms with Gasteiger partial charge in [0.15, 0.2) is 0 Å². The second kappa shape index (κ2) is 7.00. The van der Waals surface area contributed by atoms with Crippen LogP contribution in [0.25, 0.3) is 0 Å². The second-order valence-corrected chi connectivity index (χ2v) is 6.77. The normalized spacial score (nSPS) is 21.1. The molecule has 2 fully saturated rings. The van der Waals surface area contributed by atoms with Crippen molar-refractivity contribution >= 4 is 11.9 Å². The van der Waals surface area contributed by atoms with E-state index in [9.17, 15) is 19.1 Å². The van der Waals surface area contributed by atoms with Crippen molar-refractivity contribution in [2.45, 2.75) is 43.7 Å². The summed E-state index contributed by atoms with van der Waals surface area (Å²) >= 11 is 0. The van der Waals surface area contributed by atoms with E-state index in [4.69, 9.17) is 4.74 Å². The highest BCUT2D eigenvalue weighted by atomic mass is 19.1. The molecule has 1 atom stereocenters. The summed E-state index contributed by atoms with van der Waals surface area (Å²) in [6.07, 6.45) is 3.26. The summed E-state index contributed by atoms with van der Waals surface area (Å²) < 4.78 is 18.2. The number of benzene rings is 1. The monoisotopic (exact) mass is 350 g/mol. The number of aliphatic hydroxyl groups is 1. The molecule has 0 unspecified atom stereocenters. The fraction of sp³-hybridized carbons (Fsp3) is 0.556. The van der Waals surface area contributed by atoms with Gasteiger partial charge in [0.2, 0.25) is 0 Å². The molecule has 1 aromatic rings. The predicted molar refractivity (Wildman–Crippen MR) is 88.6 cm³/mol. The molecule has 7 heteroatoms. The Labute approximate surface area is 146 Å². The van der Waals surface area contributed by atoms with Gasteiger partial charge in [-0.25, -0.2) is 9.18 Å². The van der Waals surface area contributed by atoms with E-state index in [1.165, 1.54) is 29.2 Å². The number of carbonyl (C=O) groups excluding carboxylic acids is 2. The number of urea groups is 1. The number of amides is 3. The van der Waals surface area contributed by atoms with Crippen LogP contribution < -0.4 is 4.74 Å². The number of aliphatic hydroxyl groups excluding tert-OH is 1. The molecule has 1 spiro atoms. The van der Waals surface area contributed by atoms with Crippen molar-refractivity contribution in [3.63, 3.8) is 0 Å². The van der Waals surface area contributed by atoms with Crippen LogP contribution in [0, 0.1) is 5.82 Å². The van der Waals surface area contributed by atoms with Gasteiger partial charge in [-0.2, -0.15) is 0 Å². The molecule has 1 N–H and O–H groups in total.